The maximum Gasteiger partial charge on any atom is 0.262 e. The molecule has 0 N–H and O–H groups in total. The van der Waals surface area contributed by atoms with Gasteiger partial charge in [-0.05, 0) is 50.1 Å². The number of rotatable bonds is 8. The topological polar surface area (TPSA) is 61.4 Å². The molecule has 0 fully saturated rings. The van der Waals surface area contributed by atoms with Gasteiger partial charge in [-0.2, -0.15) is 0 Å². The third-order valence-corrected chi connectivity index (χ3v) is 6.26. The molecule has 0 amide bonds. The van der Waals surface area contributed by atoms with Gasteiger partial charge in [-0.15, -0.1) is 0 Å². The van der Waals surface area contributed by atoms with Crippen LogP contribution < -0.4 is 5.56 Å². The van der Waals surface area contributed by atoms with E-state index < -0.39 is 0 Å². The Kier molecular flexibility index (Phi) is 6.55. The highest BCUT2D eigenvalue weighted by Gasteiger charge is 2.13. The first-order valence-corrected chi connectivity index (χ1v) is 11.7. The van der Waals surface area contributed by atoms with Gasteiger partial charge in [0.05, 0.1) is 16.6 Å². The van der Waals surface area contributed by atoms with E-state index in [9.17, 15) is 4.79 Å². The highest BCUT2D eigenvalue weighted by Crippen LogP contribution is 2.24. The molecule has 30 heavy (non-hydrogen) atoms. The van der Waals surface area contributed by atoms with Crippen molar-refractivity contribution in [2.45, 2.75) is 37.7 Å². The molecule has 3 heterocycles. The number of imidazole rings is 1. The van der Waals surface area contributed by atoms with Crippen molar-refractivity contribution in [3.63, 3.8) is 0 Å². The van der Waals surface area contributed by atoms with Gasteiger partial charge in [0, 0.05) is 42.4 Å². The molecule has 0 aliphatic carbocycles. The summed E-state index contributed by atoms with van der Waals surface area (Å²) >= 11 is 4.99. The Bertz CT molecular complexity index is 1250. The normalized spacial score (nSPS) is 11.6. The number of fused-ring (bicyclic) bond motifs is 2. The fourth-order valence-corrected chi connectivity index (χ4v) is 4.58. The fraction of sp³-hybridized carbons (Fsp3) is 0.318. The van der Waals surface area contributed by atoms with Gasteiger partial charge in [0.1, 0.15) is 5.65 Å². The summed E-state index contributed by atoms with van der Waals surface area (Å²) < 4.78 is 10.1. The van der Waals surface area contributed by atoms with E-state index in [1.54, 1.807) is 16.3 Å². The standard InChI is InChI=1S/C22H23BrN4O2S/c1-3-29-10-4-9-27-21(28)18-11-16(23)6-7-19(18)25-22(27)30-14-17-13-26-12-15(2)5-8-20(26)24-17/h5-8,11-13H,3-4,9-10,14H2,1-2H3. The molecule has 3 aromatic heterocycles. The lowest BCUT2D eigenvalue weighted by Gasteiger charge is -2.13. The molecule has 0 saturated carbocycles. The second kappa shape index (κ2) is 9.32. The predicted octanol–water partition coefficient (Wildman–Crippen LogP) is 4.83. The molecule has 156 valence electrons. The lowest BCUT2D eigenvalue weighted by atomic mass is 10.2. The number of hydrogen-bond donors (Lipinski definition) is 0. The van der Waals surface area contributed by atoms with Gasteiger partial charge < -0.3 is 9.14 Å². The second-order valence-electron chi connectivity index (χ2n) is 7.06. The van der Waals surface area contributed by atoms with Crippen LogP contribution in [0.1, 0.15) is 24.6 Å². The van der Waals surface area contributed by atoms with Gasteiger partial charge in [0.15, 0.2) is 5.16 Å². The number of ether oxygens (including phenoxy) is 1. The van der Waals surface area contributed by atoms with Crippen molar-refractivity contribution in [1.82, 2.24) is 18.9 Å². The van der Waals surface area contributed by atoms with E-state index in [1.807, 2.05) is 41.8 Å². The summed E-state index contributed by atoms with van der Waals surface area (Å²) in [5.74, 6) is 0.640. The van der Waals surface area contributed by atoms with Gasteiger partial charge in [0.2, 0.25) is 0 Å². The van der Waals surface area contributed by atoms with Crippen molar-refractivity contribution in [3.8, 4) is 0 Å². The van der Waals surface area contributed by atoms with Crippen molar-refractivity contribution in [2.75, 3.05) is 13.2 Å². The summed E-state index contributed by atoms with van der Waals surface area (Å²) in [6, 6.07) is 9.69. The Morgan fingerprint density at radius 2 is 2.03 bits per heavy atom. The van der Waals surface area contributed by atoms with Crippen molar-refractivity contribution >= 4 is 44.2 Å². The molecule has 0 spiro atoms. The Hall–Kier alpha value is -2.16. The highest BCUT2D eigenvalue weighted by atomic mass is 79.9. The molecule has 0 aliphatic rings. The number of pyridine rings is 1. The number of aromatic nitrogens is 4. The van der Waals surface area contributed by atoms with Crippen LogP contribution in [0, 0.1) is 6.92 Å². The van der Waals surface area contributed by atoms with Crippen molar-refractivity contribution in [3.05, 3.63) is 68.8 Å². The summed E-state index contributed by atoms with van der Waals surface area (Å²) in [7, 11) is 0. The van der Waals surface area contributed by atoms with E-state index in [1.165, 1.54) is 5.56 Å². The lowest BCUT2D eigenvalue weighted by Crippen LogP contribution is -2.24. The number of nitrogens with zero attached hydrogens (tertiary/aromatic N) is 4. The highest BCUT2D eigenvalue weighted by molar-refractivity contribution is 9.10. The molecular weight excluding hydrogens is 464 g/mol. The minimum absolute atomic E-state index is 0.0223. The van der Waals surface area contributed by atoms with Gasteiger partial charge >= 0.3 is 0 Å². The quantitative estimate of drug-likeness (QED) is 0.202. The van der Waals surface area contributed by atoms with Crippen molar-refractivity contribution in [1.29, 1.82) is 0 Å². The summed E-state index contributed by atoms with van der Waals surface area (Å²) in [5.41, 5.74) is 3.74. The van der Waals surface area contributed by atoms with Crippen LogP contribution in [0.5, 0.6) is 0 Å². The van der Waals surface area contributed by atoms with Crippen LogP contribution in [-0.2, 0) is 17.0 Å². The Balaban J connectivity index is 1.64. The maximum absolute atomic E-state index is 13.2. The van der Waals surface area contributed by atoms with Gasteiger partial charge in [0.25, 0.3) is 5.56 Å². The third kappa shape index (κ3) is 4.61. The molecule has 0 unspecified atom stereocenters. The van der Waals surface area contributed by atoms with E-state index in [2.05, 4.69) is 40.1 Å². The van der Waals surface area contributed by atoms with Gasteiger partial charge in [-0.1, -0.05) is 33.8 Å². The number of aryl methyl sites for hydroxylation is 1. The third-order valence-electron chi connectivity index (χ3n) is 4.75. The molecule has 0 aliphatic heterocycles. The molecule has 0 bridgehead atoms. The smallest absolute Gasteiger partial charge is 0.262 e. The van der Waals surface area contributed by atoms with Crippen LogP contribution in [0.15, 0.2) is 57.1 Å². The van der Waals surface area contributed by atoms with Crippen LogP contribution in [0.25, 0.3) is 16.6 Å². The first-order valence-electron chi connectivity index (χ1n) is 9.90. The zero-order valence-corrected chi connectivity index (χ0v) is 19.4. The summed E-state index contributed by atoms with van der Waals surface area (Å²) in [6.07, 6.45) is 4.85. The van der Waals surface area contributed by atoms with Crippen molar-refractivity contribution in [2.24, 2.45) is 0 Å². The number of benzene rings is 1. The number of thioether (sulfide) groups is 1. The second-order valence-corrected chi connectivity index (χ2v) is 8.91. The lowest BCUT2D eigenvalue weighted by molar-refractivity contribution is 0.140. The summed E-state index contributed by atoms with van der Waals surface area (Å²) in [5, 5.41) is 1.33. The monoisotopic (exact) mass is 486 g/mol. The SMILES string of the molecule is CCOCCCn1c(SCc2cn3cc(C)ccc3n2)nc2ccc(Br)cc2c1=O. The average molecular weight is 487 g/mol. The van der Waals surface area contributed by atoms with Gasteiger partial charge in [-0.25, -0.2) is 9.97 Å². The van der Waals surface area contributed by atoms with E-state index in [4.69, 9.17) is 9.72 Å². The number of halogens is 1. The summed E-state index contributed by atoms with van der Waals surface area (Å²) in [4.78, 5) is 22.7. The molecule has 0 saturated heterocycles. The molecule has 6 nitrogen and oxygen atoms in total. The van der Waals surface area contributed by atoms with Crippen LogP contribution in [0.3, 0.4) is 0 Å². The Labute approximate surface area is 187 Å². The molecule has 8 heteroatoms. The van der Waals surface area contributed by atoms with Crippen LogP contribution in [0.4, 0.5) is 0 Å². The average Bonchev–Trinajstić information content (AvgIpc) is 3.13. The first-order chi connectivity index (χ1) is 14.5. The van der Waals surface area contributed by atoms with E-state index in [0.717, 1.165) is 22.2 Å². The van der Waals surface area contributed by atoms with Crippen LogP contribution in [-0.4, -0.2) is 32.1 Å². The number of hydrogen-bond acceptors (Lipinski definition) is 5. The predicted molar refractivity (Wildman–Crippen MR) is 124 cm³/mol. The Morgan fingerprint density at radius 1 is 1.17 bits per heavy atom. The van der Waals surface area contributed by atoms with Gasteiger partial charge in [-0.3, -0.25) is 9.36 Å². The summed E-state index contributed by atoms with van der Waals surface area (Å²) in [6.45, 7) is 5.90. The molecule has 1 aromatic carbocycles. The van der Waals surface area contributed by atoms with Crippen LogP contribution in [0.2, 0.25) is 0 Å². The molecule has 4 rings (SSSR count). The molecular formula is C22H23BrN4O2S. The minimum Gasteiger partial charge on any atom is -0.382 e. The fourth-order valence-electron chi connectivity index (χ4n) is 3.31. The first kappa shape index (κ1) is 21.1. The molecule has 0 atom stereocenters. The molecule has 4 aromatic rings. The Morgan fingerprint density at radius 3 is 2.87 bits per heavy atom. The largest absolute Gasteiger partial charge is 0.382 e. The zero-order chi connectivity index (χ0) is 21.1. The maximum atomic E-state index is 13.2. The zero-order valence-electron chi connectivity index (χ0n) is 17.0. The van der Waals surface area contributed by atoms with Crippen molar-refractivity contribution < 1.29 is 4.74 Å². The molecule has 0 radical (unpaired) electrons. The minimum atomic E-state index is -0.0223. The van der Waals surface area contributed by atoms with Crippen LogP contribution >= 0.6 is 27.7 Å². The van der Waals surface area contributed by atoms with E-state index >= 15 is 0 Å². The van der Waals surface area contributed by atoms with E-state index in [-0.39, 0.29) is 5.56 Å². The van der Waals surface area contributed by atoms with E-state index in [0.29, 0.717) is 41.6 Å².